The van der Waals surface area contributed by atoms with Gasteiger partial charge >= 0.3 is 0 Å². The Morgan fingerprint density at radius 1 is 1.24 bits per heavy atom. The second-order valence-electron chi connectivity index (χ2n) is 5.93. The Hall–Kier alpha value is -2.89. The molecule has 0 unspecified atom stereocenters. The van der Waals surface area contributed by atoms with Crippen molar-refractivity contribution < 1.29 is 9.21 Å². The zero-order valence-electron chi connectivity index (χ0n) is 14.7. The van der Waals surface area contributed by atoms with E-state index in [1.807, 2.05) is 48.9 Å². The van der Waals surface area contributed by atoms with Gasteiger partial charge in [-0.05, 0) is 32.4 Å². The van der Waals surface area contributed by atoms with Crippen molar-refractivity contribution in [3.8, 4) is 5.69 Å². The molecule has 0 bridgehead atoms. The molecule has 0 aliphatic carbocycles. The van der Waals surface area contributed by atoms with E-state index in [1.54, 1.807) is 6.20 Å². The van der Waals surface area contributed by atoms with Crippen LogP contribution in [0.3, 0.4) is 0 Å². The second-order valence-corrected chi connectivity index (χ2v) is 5.93. The monoisotopic (exact) mass is 338 g/mol. The van der Waals surface area contributed by atoms with Crippen LogP contribution in [0.15, 0.2) is 40.9 Å². The smallest absolute Gasteiger partial charge is 0.255 e. The molecule has 0 spiro atoms. The molecule has 1 aromatic carbocycles. The van der Waals surface area contributed by atoms with Crippen LogP contribution < -0.4 is 5.32 Å². The topological polar surface area (TPSA) is 73.0 Å². The summed E-state index contributed by atoms with van der Waals surface area (Å²) < 4.78 is 7.34. The number of aromatic nitrogens is 3. The predicted octanol–water partition coefficient (Wildman–Crippen LogP) is 3.36. The summed E-state index contributed by atoms with van der Waals surface area (Å²) >= 11 is 0. The summed E-state index contributed by atoms with van der Waals surface area (Å²) in [6.07, 6.45) is 3.32. The number of oxazole rings is 1. The lowest BCUT2D eigenvalue weighted by Gasteiger charge is -2.09. The van der Waals surface area contributed by atoms with E-state index < -0.39 is 0 Å². The van der Waals surface area contributed by atoms with Crippen LogP contribution in [-0.2, 0) is 13.0 Å². The number of nitrogens with one attached hydrogen (secondary N) is 1. The molecular weight excluding hydrogens is 316 g/mol. The van der Waals surface area contributed by atoms with Crippen LogP contribution in [-0.4, -0.2) is 20.7 Å². The highest BCUT2D eigenvalue weighted by Gasteiger charge is 2.18. The Balaban J connectivity index is 1.81. The molecule has 1 N–H and O–H groups in total. The van der Waals surface area contributed by atoms with Crippen LogP contribution in [0.2, 0.25) is 0 Å². The maximum absolute atomic E-state index is 12.6. The lowest BCUT2D eigenvalue weighted by Crippen LogP contribution is -2.24. The summed E-state index contributed by atoms with van der Waals surface area (Å²) in [4.78, 5) is 16.9. The molecule has 0 aliphatic heterocycles. The quantitative estimate of drug-likeness (QED) is 0.748. The molecule has 2 heterocycles. The van der Waals surface area contributed by atoms with E-state index in [1.165, 1.54) is 0 Å². The number of nitrogens with zero attached hydrogens (tertiary/aromatic N) is 3. The first kappa shape index (κ1) is 17.0. The van der Waals surface area contributed by atoms with Gasteiger partial charge in [0.1, 0.15) is 5.76 Å². The van der Waals surface area contributed by atoms with Crippen molar-refractivity contribution in [1.82, 2.24) is 20.1 Å². The van der Waals surface area contributed by atoms with Gasteiger partial charge in [0, 0.05) is 0 Å². The maximum Gasteiger partial charge on any atom is 0.255 e. The first-order chi connectivity index (χ1) is 12.1. The van der Waals surface area contributed by atoms with Crippen molar-refractivity contribution in [2.75, 3.05) is 0 Å². The van der Waals surface area contributed by atoms with Crippen molar-refractivity contribution in [3.05, 3.63) is 65.1 Å². The molecule has 0 fully saturated rings. The first-order valence-electron chi connectivity index (χ1n) is 8.43. The molecule has 25 heavy (non-hydrogen) atoms. The molecule has 0 aliphatic rings. The Bertz CT molecular complexity index is 845. The molecule has 0 atom stereocenters. The fourth-order valence-electron chi connectivity index (χ4n) is 2.70. The fourth-order valence-corrected chi connectivity index (χ4v) is 2.70. The number of rotatable bonds is 6. The molecule has 130 valence electrons. The Morgan fingerprint density at radius 2 is 2.00 bits per heavy atom. The first-order valence-corrected chi connectivity index (χ1v) is 8.43. The van der Waals surface area contributed by atoms with Gasteiger partial charge in [0.05, 0.1) is 35.4 Å². The molecular formula is C19H22N4O2. The van der Waals surface area contributed by atoms with Gasteiger partial charge in [-0.15, -0.1) is 0 Å². The standard InChI is InChI=1S/C19H22N4O2/c1-4-8-17-16(11-21-23(17)15-9-6-5-7-10-15)19(24)20-12-18-22-13(2)14(3)25-18/h5-7,9-11H,4,8,12H2,1-3H3,(H,20,24). The van der Waals surface area contributed by atoms with Crippen molar-refractivity contribution in [3.63, 3.8) is 0 Å². The lowest BCUT2D eigenvalue weighted by atomic mass is 10.1. The molecule has 0 saturated heterocycles. The summed E-state index contributed by atoms with van der Waals surface area (Å²) in [5.74, 6) is 1.11. The molecule has 3 rings (SSSR count). The normalized spacial score (nSPS) is 10.8. The highest BCUT2D eigenvalue weighted by Crippen LogP contribution is 2.17. The number of aryl methyl sites for hydroxylation is 2. The number of carbonyl (C=O) groups excluding carboxylic acids is 1. The molecule has 3 aromatic rings. The van der Waals surface area contributed by atoms with E-state index in [2.05, 4.69) is 22.3 Å². The van der Waals surface area contributed by atoms with Crippen molar-refractivity contribution >= 4 is 5.91 Å². The van der Waals surface area contributed by atoms with Gasteiger partial charge in [-0.25, -0.2) is 9.67 Å². The van der Waals surface area contributed by atoms with E-state index >= 15 is 0 Å². The van der Waals surface area contributed by atoms with Crippen LogP contribution in [0.25, 0.3) is 5.69 Å². The van der Waals surface area contributed by atoms with Gasteiger partial charge < -0.3 is 9.73 Å². The number of carbonyl (C=O) groups is 1. The van der Waals surface area contributed by atoms with E-state index in [4.69, 9.17) is 4.42 Å². The summed E-state index contributed by atoms with van der Waals surface area (Å²) in [5.41, 5.74) is 3.29. The van der Waals surface area contributed by atoms with Crippen LogP contribution in [0.4, 0.5) is 0 Å². The Morgan fingerprint density at radius 3 is 2.64 bits per heavy atom. The van der Waals surface area contributed by atoms with Crippen LogP contribution in [0.5, 0.6) is 0 Å². The van der Waals surface area contributed by atoms with E-state index in [0.29, 0.717) is 11.5 Å². The third kappa shape index (κ3) is 3.63. The predicted molar refractivity (Wildman–Crippen MR) is 94.7 cm³/mol. The third-order valence-electron chi connectivity index (χ3n) is 4.07. The van der Waals surface area contributed by atoms with Gasteiger partial charge in [-0.2, -0.15) is 5.10 Å². The molecule has 0 saturated carbocycles. The molecule has 0 radical (unpaired) electrons. The minimum absolute atomic E-state index is 0.167. The highest BCUT2D eigenvalue weighted by atomic mass is 16.4. The Kier molecular flexibility index (Phi) is 4.97. The minimum Gasteiger partial charge on any atom is -0.444 e. The van der Waals surface area contributed by atoms with Crippen LogP contribution >= 0.6 is 0 Å². The molecule has 1 amide bonds. The molecule has 6 heteroatoms. The van der Waals surface area contributed by atoms with Crippen LogP contribution in [0.1, 0.15) is 46.7 Å². The summed E-state index contributed by atoms with van der Waals surface area (Å²) in [5, 5.41) is 7.29. The summed E-state index contributed by atoms with van der Waals surface area (Å²) in [6, 6.07) is 9.83. The third-order valence-corrected chi connectivity index (χ3v) is 4.07. The zero-order chi connectivity index (χ0) is 17.8. The van der Waals surface area contributed by atoms with Crippen molar-refractivity contribution in [2.24, 2.45) is 0 Å². The van der Waals surface area contributed by atoms with E-state index in [0.717, 1.165) is 35.7 Å². The molecule has 6 nitrogen and oxygen atoms in total. The average Bonchev–Trinajstić information content (AvgIpc) is 3.17. The number of hydrogen-bond acceptors (Lipinski definition) is 4. The Labute approximate surface area is 146 Å². The largest absolute Gasteiger partial charge is 0.444 e. The highest BCUT2D eigenvalue weighted by molar-refractivity contribution is 5.95. The molecule has 2 aromatic heterocycles. The van der Waals surface area contributed by atoms with Gasteiger partial charge in [-0.3, -0.25) is 4.79 Å². The zero-order valence-corrected chi connectivity index (χ0v) is 14.7. The van der Waals surface area contributed by atoms with Gasteiger partial charge in [0.2, 0.25) is 5.89 Å². The van der Waals surface area contributed by atoms with E-state index in [9.17, 15) is 4.79 Å². The average molecular weight is 338 g/mol. The van der Waals surface area contributed by atoms with Crippen molar-refractivity contribution in [1.29, 1.82) is 0 Å². The van der Waals surface area contributed by atoms with Gasteiger partial charge in [0.25, 0.3) is 5.91 Å². The summed E-state index contributed by atoms with van der Waals surface area (Å²) in [6.45, 7) is 6.09. The fraction of sp³-hybridized carbons (Fsp3) is 0.316. The maximum atomic E-state index is 12.6. The number of amides is 1. The van der Waals surface area contributed by atoms with Crippen LogP contribution in [0, 0.1) is 13.8 Å². The number of para-hydroxylation sites is 1. The summed E-state index contributed by atoms with van der Waals surface area (Å²) in [7, 11) is 0. The number of benzene rings is 1. The number of hydrogen-bond donors (Lipinski definition) is 1. The minimum atomic E-state index is -0.167. The van der Waals surface area contributed by atoms with Gasteiger partial charge in [0.15, 0.2) is 0 Å². The lowest BCUT2D eigenvalue weighted by molar-refractivity contribution is 0.0946. The van der Waals surface area contributed by atoms with Crippen molar-refractivity contribution in [2.45, 2.75) is 40.2 Å². The second kappa shape index (κ2) is 7.34. The SMILES string of the molecule is CCCc1c(C(=O)NCc2nc(C)c(C)o2)cnn1-c1ccccc1. The van der Waals surface area contributed by atoms with E-state index in [-0.39, 0.29) is 12.5 Å². The van der Waals surface area contributed by atoms with Gasteiger partial charge in [-0.1, -0.05) is 31.5 Å².